The Morgan fingerprint density at radius 3 is 2.68 bits per heavy atom. The molecule has 0 unspecified atom stereocenters. The van der Waals surface area contributed by atoms with Crippen LogP contribution >= 0.6 is 11.3 Å². The summed E-state index contributed by atoms with van der Waals surface area (Å²) in [5.41, 5.74) is 2.02. The zero-order valence-corrected chi connectivity index (χ0v) is 16.2. The Bertz CT molecular complexity index is 1080. The SMILES string of the molecule is Cc1ncc(C(=O)N2CC[C@]3(C(=O)Nc4ccccc43)[C@@H]2c2ccccc2)s1. The second kappa shape index (κ2) is 6.27. The van der Waals surface area contributed by atoms with Crippen LogP contribution in [0.15, 0.2) is 60.8 Å². The van der Waals surface area contributed by atoms with E-state index in [2.05, 4.69) is 10.3 Å². The van der Waals surface area contributed by atoms with Gasteiger partial charge in [-0.2, -0.15) is 0 Å². The van der Waals surface area contributed by atoms with Gasteiger partial charge in [0.25, 0.3) is 5.91 Å². The highest BCUT2D eigenvalue weighted by Gasteiger charge is 2.59. The van der Waals surface area contributed by atoms with Gasteiger partial charge in [0, 0.05) is 12.2 Å². The lowest BCUT2D eigenvalue weighted by Crippen LogP contribution is -2.42. The minimum Gasteiger partial charge on any atom is -0.329 e. The summed E-state index contributed by atoms with van der Waals surface area (Å²) >= 11 is 1.39. The molecule has 1 fully saturated rings. The molecule has 0 aliphatic carbocycles. The fraction of sp³-hybridized carbons (Fsp3) is 0.227. The van der Waals surface area contributed by atoms with Gasteiger partial charge in [0.15, 0.2) is 0 Å². The molecule has 0 saturated carbocycles. The van der Waals surface area contributed by atoms with Crippen molar-refractivity contribution in [3.8, 4) is 0 Å². The van der Waals surface area contributed by atoms with Gasteiger partial charge in [-0.15, -0.1) is 11.3 Å². The number of rotatable bonds is 2. The van der Waals surface area contributed by atoms with Gasteiger partial charge < -0.3 is 10.2 Å². The molecule has 5 rings (SSSR count). The maximum absolute atomic E-state index is 13.4. The van der Waals surface area contributed by atoms with E-state index in [1.807, 2.05) is 66.4 Å². The van der Waals surface area contributed by atoms with E-state index in [1.54, 1.807) is 6.20 Å². The third-order valence-corrected chi connectivity index (χ3v) is 6.70. The highest BCUT2D eigenvalue weighted by atomic mass is 32.1. The number of benzene rings is 2. The van der Waals surface area contributed by atoms with Crippen molar-refractivity contribution in [3.05, 3.63) is 81.8 Å². The van der Waals surface area contributed by atoms with Crippen molar-refractivity contribution in [2.45, 2.75) is 24.8 Å². The molecule has 0 radical (unpaired) electrons. The molecule has 1 aromatic heterocycles. The first-order valence-electron chi connectivity index (χ1n) is 9.30. The van der Waals surface area contributed by atoms with Gasteiger partial charge >= 0.3 is 0 Å². The number of aryl methyl sites for hydroxylation is 1. The highest BCUT2D eigenvalue weighted by Crippen LogP contribution is 2.54. The average Bonchev–Trinajstić information content (AvgIpc) is 3.40. The third-order valence-electron chi connectivity index (χ3n) is 5.79. The van der Waals surface area contributed by atoms with E-state index in [9.17, 15) is 9.59 Å². The fourth-order valence-corrected chi connectivity index (χ4v) is 5.34. The molecule has 5 nitrogen and oxygen atoms in total. The number of thiazole rings is 1. The van der Waals surface area contributed by atoms with Crippen molar-refractivity contribution in [2.75, 3.05) is 11.9 Å². The summed E-state index contributed by atoms with van der Waals surface area (Å²) < 4.78 is 0. The summed E-state index contributed by atoms with van der Waals surface area (Å²) in [4.78, 5) is 33.4. The molecule has 2 amide bonds. The minimum absolute atomic E-state index is 0.0293. The molecule has 2 aliphatic rings. The molecule has 1 saturated heterocycles. The van der Waals surface area contributed by atoms with Crippen LogP contribution in [0.2, 0.25) is 0 Å². The molecule has 3 aromatic rings. The average molecular weight is 389 g/mol. The maximum Gasteiger partial charge on any atom is 0.266 e. The monoisotopic (exact) mass is 389 g/mol. The van der Waals surface area contributed by atoms with E-state index in [0.717, 1.165) is 21.8 Å². The van der Waals surface area contributed by atoms with Crippen molar-refractivity contribution < 1.29 is 9.59 Å². The van der Waals surface area contributed by atoms with Crippen LogP contribution in [0.4, 0.5) is 5.69 Å². The number of nitrogens with zero attached hydrogens (tertiary/aromatic N) is 2. The number of carbonyl (C=O) groups is 2. The smallest absolute Gasteiger partial charge is 0.266 e. The summed E-state index contributed by atoms with van der Waals surface area (Å²) in [5, 5.41) is 3.91. The van der Waals surface area contributed by atoms with Crippen LogP contribution in [-0.4, -0.2) is 28.2 Å². The summed E-state index contributed by atoms with van der Waals surface area (Å²) in [6.07, 6.45) is 2.23. The lowest BCUT2D eigenvalue weighted by atomic mass is 9.72. The first kappa shape index (κ1) is 17.1. The van der Waals surface area contributed by atoms with Gasteiger partial charge in [-0.3, -0.25) is 9.59 Å². The summed E-state index contributed by atoms with van der Waals surface area (Å²) in [6.45, 7) is 2.42. The molecule has 0 bridgehead atoms. The molecule has 140 valence electrons. The Hall–Kier alpha value is -2.99. The molecular formula is C22H19N3O2S. The van der Waals surface area contributed by atoms with E-state index >= 15 is 0 Å². The molecule has 2 aromatic carbocycles. The van der Waals surface area contributed by atoms with Crippen molar-refractivity contribution in [3.63, 3.8) is 0 Å². The standard InChI is InChI=1S/C22H19N3O2S/c1-14-23-13-18(28-14)20(26)25-12-11-22(19(25)15-7-3-2-4-8-15)16-9-5-6-10-17(16)24-21(22)27/h2-10,13,19H,11-12H2,1H3,(H,24,27)/t19-,22+/m0/s1. The van der Waals surface area contributed by atoms with Gasteiger partial charge in [-0.05, 0) is 30.5 Å². The van der Waals surface area contributed by atoms with Gasteiger partial charge in [-0.25, -0.2) is 4.98 Å². The quantitative estimate of drug-likeness (QED) is 0.722. The number of fused-ring (bicyclic) bond motifs is 2. The Morgan fingerprint density at radius 2 is 1.93 bits per heavy atom. The van der Waals surface area contributed by atoms with E-state index in [1.165, 1.54) is 11.3 Å². The number of para-hydroxylation sites is 1. The minimum atomic E-state index is -0.770. The fourth-order valence-electron chi connectivity index (χ4n) is 4.61. The predicted octanol–water partition coefficient (Wildman–Crippen LogP) is 3.93. The van der Waals surface area contributed by atoms with Gasteiger partial charge in [0.05, 0.1) is 17.2 Å². The van der Waals surface area contributed by atoms with E-state index in [4.69, 9.17) is 0 Å². The molecule has 3 heterocycles. The Morgan fingerprint density at radius 1 is 1.18 bits per heavy atom. The molecule has 28 heavy (non-hydrogen) atoms. The Labute approximate surface area is 167 Å². The van der Waals surface area contributed by atoms with Crippen molar-refractivity contribution in [2.24, 2.45) is 0 Å². The van der Waals surface area contributed by atoms with E-state index in [0.29, 0.717) is 17.8 Å². The lowest BCUT2D eigenvalue weighted by Gasteiger charge is -2.34. The van der Waals surface area contributed by atoms with Gasteiger partial charge in [0.2, 0.25) is 5.91 Å². The third kappa shape index (κ3) is 2.34. The first-order chi connectivity index (χ1) is 13.6. The number of hydrogen-bond donors (Lipinski definition) is 1. The number of aromatic nitrogens is 1. The highest BCUT2D eigenvalue weighted by molar-refractivity contribution is 7.13. The first-order valence-corrected chi connectivity index (χ1v) is 10.1. The summed E-state index contributed by atoms with van der Waals surface area (Å²) in [7, 11) is 0. The van der Waals surface area contributed by atoms with E-state index < -0.39 is 5.41 Å². The summed E-state index contributed by atoms with van der Waals surface area (Å²) in [6, 6.07) is 17.3. The predicted molar refractivity (Wildman–Crippen MR) is 108 cm³/mol. The molecular weight excluding hydrogens is 370 g/mol. The lowest BCUT2D eigenvalue weighted by molar-refractivity contribution is -0.121. The number of amides is 2. The zero-order chi connectivity index (χ0) is 19.3. The van der Waals surface area contributed by atoms with Crippen LogP contribution in [0, 0.1) is 6.92 Å². The molecule has 2 atom stereocenters. The summed E-state index contributed by atoms with van der Waals surface area (Å²) in [5.74, 6) is -0.0909. The van der Waals surface area contributed by atoms with E-state index in [-0.39, 0.29) is 17.9 Å². The number of anilines is 1. The van der Waals surface area contributed by atoms with Crippen LogP contribution in [0.25, 0.3) is 0 Å². The molecule has 1 N–H and O–H groups in total. The normalized spacial score (nSPS) is 23.1. The maximum atomic E-state index is 13.4. The van der Waals surface area contributed by atoms with Crippen molar-refractivity contribution >= 4 is 28.8 Å². The molecule has 1 spiro atoms. The number of hydrogen-bond acceptors (Lipinski definition) is 4. The number of nitrogens with one attached hydrogen (secondary N) is 1. The van der Waals surface area contributed by atoms with Crippen LogP contribution in [0.1, 0.15) is 38.3 Å². The largest absolute Gasteiger partial charge is 0.329 e. The second-order valence-electron chi connectivity index (χ2n) is 7.28. The van der Waals surface area contributed by atoms with Crippen LogP contribution < -0.4 is 5.32 Å². The number of carbonyl (C=O) groups excluding carboxylic acids is 2. The topological polar surface area (TPSA) is 62.3 Å². The van der Waals surface area contributed by atoms with Crippen LogP contribution in [-0.2, 0) is 10.2 Å². The van der Waals surface area contributed by atoms with Crippen LogP contribution in [0.3, 0.4) is 0 Å². The van der Waals surface area contributed by atoms with Crippen molar-refractivity contribution in [1.82, 2.24) is 9.88 Å². The van der Waals surface area contributed by atoms with Crippen molar-refractivity contribution in [1.29, 1.82) is 0 Å². The van der Waals surface area contributed by atoms with Gasteiger partial charge in [-0.1, -0.05) is 48.5 Å². The Balaban J connectivity index is 1.67. The Kier molecular flexibility index (Phi) is 3.84. The molecule has 2 aliphatic heterocycles. The van der Waals surface area contributed by atoms with Gasteiger partial charge in [0.1, 0.15) is 10.3 Å². The number of likely N-dealkylation sites (tertiary alicyclic amines) is 1. The van der Waals surface area contributed by atoms with Crippen LogP contribution in [0.5, 0.6) is 0 Å². The second-order valence-corrected chi connectivity index (χ2v) is 8.51. The zero-order valence-electron chi connectivity index (χ0n) is 15.4. The molecule has 6 heteroatoms.